The van der Waals surface area contributed by atoms with E-state index in [2.05, 4.69) is 21.3 Å². The molecule has 5 unspecified atom stereocenters. The zero-order valence-corrected chi connectivity index (χ0v) is 18.4. The molecule has 176 valence electrons. The highest BCUT2D eigenvalue weighted by molar-refractivity contribution is 5.84. The number of nitrogens with one attached hydrogen (secondary N) is 3. The van der Waals surface area contributed by atoms with Crippen molar-refractivity contribution in [2.45, 2.75) is 64.5 Å². The van der Waals surface area contributed by atoms with E-state index in [1.165, 1.54) is 6.92 Å². The molecule has 0 bridgehead atoms. The van der Waals surface area contributed by atoms with Crippen LogP contribution in [0.5, 0.6) is 0 Å². The molecule has 0 spiro atoms. The van der Waals surface area contributed by atoms with Crippen molar-refractivity contribution in [2.75, 3.05) is 19.8 Å². The summed E-state index contributed by atoms with van der Waals surface area (Å²) in [4.78, 5) is 35.9. The summed E-state index contributed by atoms with van der Waals surface area (Å²) in [5.74, 6) is 5.73. The number of ether oxygens (including phenoxy) is 2. The number of piperidine rings is 1. The van der Waals surface area contributed by atoms with Crippen molar-refractivity contribution in [1.29, 1.82) is 0 Å². The van der Waals surface area contributed by atoms with E-state index in [1.54, 1.807) is 6.92 Å². The number of hydrogen-bond acceptors (Lipinski definition) is 9. The molecule has 0 radical (unpaired) electrons. The third-order valence-corrected chi connectivity index (χ3v) is 6.06. The van der Waals surface area contributed by atoms with Crippen LogP contribution in [-0.4, -0.2) is 55.5 Å². The smallest absolute Gasteiger partial charge is 0.332 e. The predicted octanol–water partition coefficient (Wildman–Crippen LogP) is -0.492. The Morgan fingerprint density at radius 1 is 1.19 bits per heavy atom. The number of hydrogen-bond donors (Lipinski definition) is 5. The number of nitrogens with two attached hydrogens (primary N) is 2. The van der Waals surface area contributed by atoms with Gasteiger partial charge in [0.1, 0.15) is 18.5 Å². The van der Waals surface area contributed by atoms with E-state index in [0.717, 1.165) is 32.2 Å². The second-order valence-corrected chi connectivity index (χ2v) is 8.30. The van der Waals surface area contributed by atoms with Crippen molar-refractivity contribution in [2.24, 2.45) is 34.4 Å². The van der Waals surface area contributed by atoms with Gasteiger partial charge in [0.2, 0.25) is 5.91 Å². The summed E-state index contributed by atoms with van der Waals surface area (Å²) in [5, 5.41) is 9.54. The van der Waals surface area contributed by atoms with Gasteiger partial charge in [-0.2, -0.15) is 5.10 Å². The van der Waals surface area contributed by atoms with Crippen LogP contribution in [0, 0.1) is 17.8 Å². The van der Waals surface area contributed by atoms with Gasteiger partial charge in [-0.25, -0.2) is 16.2 Å². The summed E-state index contributed by atoms with van der Waals surface area (Å²) < 4.78 is 10.3. The van der Waals surface area contributed by atoms with Gasteiger partial charge in [-0.15, -0.1) is 0 Å². The topological polar surface area (TPSA) is 170 Å². The first-order valence-electron chi connectivity index (χ1n) is 10.9. The second kappa shape index (κ2) is 12.5. The molecule has 2 fully saturated rings. The van der Waals surface area contributed by atoms with Gasteiger partial charge in [0.05, 0.1) is 6.61 Å². The van der Waals surface area contributed by atoms with Gasteiger partial charge in [0.15, 0.2) is 6.04 Å². The molecule has 1 amide bonds. The Kier molecular flexibility index (Phi) is 9.99. The molecule has 5 atom stereocenters. The fraction of sp³-hybridized carbons (Fsp3) is 0.800. The molecule has 1 saturated carbocycles. The average molecular weight is 441 g/mol. The molecule has 0 aromatic heterocycles. The van der Waals surface area contributed by atoms with Gasteiger partial charge in [0.25, 0.3) is 0 Å². The highest BCUT2D eigenvalue weighted by Gasteiger charge is 2.38. The number of carbonyl (C=O) groups excluding carboxylic acids is 3. The van der Waals surface area contributed by atoms with Crippen molar-refractivity contribution in [1.82, 2.24) is 16.2 Å². The number of carbonyl (C=O) groups is 3. The zero-order chi connectivity index (χ0) is 22.8. The highest BCUT2D eigenvalue weighted by atomic mass is 16.6. The number of hydrazine groups is 1. The van der Waals surface area contributed by atoms with Crippen molar-refractivity contribution in [3.05, 3.63) is 0 Å². The standard InChI is InChI=1S/C20H36N6O5/c1-3-30-20(29)17(24-12(2)27)11-31-19(28)16-9-15-8-13(4-6-14(15)10-23-16)5-7-18(21)25-26-22/h13-17,23,26H,3-11,22H2,1-2H3,(H2,21,25)(H,24,27). The summed E-state index contributed by atoms with van der Waals surface area (Å²) in [6, 6.07) is -1.43. The number of amidine groups is 1. The van der Waals surface area contributed by atoms with Gasteiger partial charge < -0.3 is 25.8 Å². The van der Waals surface area contributed by atoms with Crippen LogP contribution in [0.25, 0.3) is 0 Å². The van der Waals surface area contributed by atoms with Crippen molar-refractivity contribution < 1.29 is 23.9 Å². The molecule has 1 saturated heterocycles. The average Bonchev–Trinajstić information content (AvgIpc) is 2.74. The molecule has 11 heteroatoms. The SMILES string of the molecule is CCOC(=O)C(COC(=O)C1CC2CC(CC/C(N)=N/NN)CCC2CN1)NC(C)=O. The Morgan fingerprint density at radius 3 is 2.65 bits per heavy atom. The molecule has 2 aliphatic rings. The Morgan fingerprint density at radius 2 is 1.97 bits per heavy atom. The molecule has 2 rings (SSSR count). The number of esters is 2. The minimum Gasteiger partial charge on any atom is -0.464 e. The molecule has 0 aromatic carbocycles. The van der Waals surface area contributed by atoms with Crippen LogP contribution >= 0.6 is 0 Å². The number of nitrogens with zero attached hydrogens (tertiary/aromatic N) is 1. The number of rotatable bonds is 10. The summed E-state index contributed by atoms with van der Waals surface area (Å²) in [5.41, 5.74) is 8.01. The van der Waals surface area contributed by atoms with E-state index in [9.17, 15) is 14.4 Å². The van der Waals surface area contributed by atoms with Gasteiger partial charge in [-0.1, -0.05) is 6.42 Å². The second-order valence-electron chi connectivity index (χ2n) is 8.30. The molecule has 11 nitrogen and oxygen atoms in total. The first-order chi connectivity index (χ1) is 14.8. The van der Waals surface area contributed by atoms with Crippen LogP contribution in [0.2, 0.25) is 0 Å². The maximum atomic E-state index is 12.6. The molecule has 1 aliphatic carbocycles. The normalized spacial score (nSPS) is 26.9. The van der Waals surface area contributed by atoms with E-state index in [4.69, 9.17) is 21.1 Å². The lowest BCUT2D eigenvalue weighted by molar-refractivity contribution is -0.155. The summed E-state index contributed by atoms with van der Waals surface area (Å²) in [6.45, 7) is 3.66. The monoisotopic (exact) mass is 440 g/mol. The van der Waals surface area contributed by atoms with E-state index < -0.39 is 29.9 Å². The summed E-state index contributed by atoms with van der Waals surface area (Å²) in [7, 11) is 0. The Bertz CT molecular complexity index is 658. The minimum absolute atomic E-state index is 0.178. The van der Waals surface area contributed by atoms with Gasteiger partial charge in [0, 0.05) is 13.3 Å². The first-order valence-corrected chi connectivity index (χ1v) is 10.9. The van der Waals surface area contributed by atoms with Crippen LogP contribution in [0.15, 0.2) is 5.10 Å². The Balaban J connectivity index is 1.84. The third kappa shape index (κ3) is 7.98. The fourth-order valence-corrected chi connectivity index (χ4v) is 4.52. The quantitative estimate of drug-likeness (QED) is 0.0988. The van der Waals surface area contributed by atoms with Crippen LogP contribution in [0.3, 0.4) is 0 Å². The lowest BCUT2D eigenvalue weighted by atomic mass is 9.69. The first kappa shape index (κ1) is 24.9. The van der Waals surface area contributed by atoms with Crippen molar-refractivity contribution in [3.63, 3.8) is 0 Å². The zero-order valence-electron chi connectivity index (χ0n) is 18.4. The molecular weight excluding hydrogens is 404 g/mol. The Labute approximate surface area is 183 Å². The fourth-order valence-electron chi connectivity index (χ4n) is 4.52. The van der Waals surface area contributed by atoms with Crippen molar-refractivity contribution >= 4 is 23.7 Å². The van der Waals surface area contributed by atoms with Crippen LogP contribution in [-0.2, 0) is 23.9 Å². The van der Waals surface area contributed by atoms with Gasteiger partial charge >= 0.3 is 11.9 Å². The minimum atomic E-state index is -1.01. The molecule has 31 heavy (non-hydrogen) atoms. The molecular formula is C20H36N6O5. The maximum absolute atomic E-state index is 12.6. The van der Waals surface area contributed by atoms with Crippen LogP contribution < -0.4 is 27.7 Å². The van der Waals surface area contributed by atoms with Gasteiger partial charge in [-0.3, -0.25) is 9.59 Å². The van der Waals surface area contributed by atoms with E-state index >= 15 is 0 Å². The van der Waals surface area contributed by atoms with E-state index in [-0.39, 0.29) is 13.2 Å². The number of amides is 1. The largest absolute Gasteiger partial charge is 0.464 e. The third-order valence-electron chi connectivity index (χ3n) is 6.06. The molecule has 1 heterocycles. The highest BCUT2D eigenvalue weighted by Crippen LogP contribution is 2.40. The molecule has 0 aromatic rings. The number of fused-ring (bicyclic) bond motifs is 1. The lowest BCUT2D eigenvalue weighted by Gasteiger charge is -2.42. The number of hydrazone groups is 1. The lowest BCUT2D eigenvalue weighted by Crippen LogP contribution is -2.51. The summed E-state index contributed by atoms with van der Waals surface area (Å²) >= 11 is 0. The summed E-state index contributed by atoms with van der Waals surface area (Å²) in [6.07, 6.45) is 5.62. The van der Waals surface area contributed by atoms with Crippen LogP contribution in [0.4, 0.5) is 0 Å². The predicted molar refractivity (Wildman–Crippen MR) is 114 cm³/mol. The van der Waals surface area contributed by atoms with Gasteiger partial charge in [-0.05, 0) is 56.9 Å². The van der Waals surface area contributed by atoms with E-state index in [1.807, 2.05) is 0 Å². The molecule has 7 N–H and O–H groups in total. The van der Waals surface area contributed by atoms with Crippen LogP contribution in [0.1, 0.15) is 52.4 Å². The maximum Gasteiger partial charge on any atom is 0.332 e. The van der Waals surface area contributed by atoms with Crippen molar-refractivity contribution in [3.8, 4) is 0 Å². The Hall–Kier alpha value is -2.40. The molecule has 1 aliphatic heterocycles. The van der Waals surface area contributed by atoms with E-state index in [0.29, 0.717) is 36.4 Å².